The summed E-state index contributed by atoms with van der Waals surface area (Å²) in [5, 5.41) is 9.67. The van der Waals surface area contributed by atoms with Crippen molar-refractivity contribution in [3.8, 4) is 0 Å². The van der Waals surface area contributed by atoms with Crippen LogP contribution in [0.4, 0.5) is 0 Å². The first-order valence-electron chi connectivity index (χ1n) is 4.34. The average molecular weight is 183 g/mol. The molecule has 0 aliphatic heterocycles. The van der Waals surface area contributed by atoms with Crippen molar-refractivity contribution in [2.75, 3.05) is 20.6 Å². The third-order valence-corrected chi connectivity index (χ3v) is 2.10. The lowest BCUT2D eigenvalue weighted by atomic mass is 10.1. The second-order valence-corrected chi connectivity index (χ2v) is 3.34. The van der Waals surface area contributed by atoms with E-state index in [2.05, 4.69) is 4.98 Å². The number of hydrogen-bond acceptors (Lipinski definition) is 3. The van der Waals surface area contributed by atoms with Gasteiger partial charge in [-0.05, 0) is 26.2 Å². The van der Waals surface area contributed by atoms with Gasteiger partial charge in [-0.15, -0.1) is 0 Å². The highest BCUT2D eigenvalue weighted by Crippen LogP contribution is 2.19. The summed E-state index contributed by atoms with van der Waals surface area (Å²) in [6.07, 6.45) is 1.31. The molecule has 1 aromatic heterocycles. The van der Waals surface area contributed by atoms with Gasteiger partial charge in [0.25, 0.3) is 0 Å². The van der Waals surface area contributed by atoms with E-state index in [1.165, 1.54) is 0 Å². The molecule has 0 aliphatic carbocycles. The van der Waals surface area contributed by atoms with Gasteiger partial charge in [0.05, 0.1) is 12.1 Å². The van der Waals surface area contributed by atoms with Crippen LogP contribution in [0, 0.1) is 0 Å². The maximum atomic E-state index is 9.67. The van der Waals surface area contributed by atoms with E-state index in [1.54, 1.807) is 0 Å². The van der Waals surface area contributed by atoms with Gasteiger partial charge in [0.2, 0.25) is 0 Å². The molecule has 0 aromatic carbocycles. The molecule has 13 heavy (non-hydrogen) atoms. The number of H-pyrrole nitrogens is 1. The van der Waals surface area contributed by atoms with E-state index in [4.69, 9.17) is 5.73 Å². The van der Waals surface area contributed by atoms with E-state index in [1.807, 2.05) is 37.3 Å². The third kappa shape index (κ3) is 2.30. The van der Waals surface area contributed by atoms with Crippen LogP contribution in [0.25, 0.3) is 0 Å². The highest BCUT2D eigenvalue weighted by Gasteiger charge is 2.22. The Bertz CT molecular complexity index is 233. The van der Waals surface area contributed by atoms with Crippen molar-refractivity contribution < 1.29 is 5.11 Å². The Hall–Kier alpha value is -0.840. The van der Waals surface area contributed by atoms with Gasteiger partial charge in [0, 0.05) is 18.4 Å². The van der Waals surface area contributed by atoms with Crippen molar-refractivity contribution in [3.05, 3.63) is 24.0 Å². The molecule has 0 amide bonds. The number of aromatic nitrogens is 1. The molecule has 0 aliphatic rings. The molecule has 4 heteroatoms. The first-order valence-corrected chi connectivity index (χ1v) is 4.34. The second kappa shape index (κ2) is 4.41. The second-order valence-electron chi connectivity index (χ2n) is 3.34. The fraction of sp³-hybridized carbons (Fsp3) is 0.556. The van der Waals surface area contributed by atoms with Gasteiger partial charge in [0.1, 0.15) is 0 Å². The minimum absolute atomic E-state index is 0.0556. The summed E-state index contributed by atoms with van der Waals surface area (Å²) < 4.78 is 0. The molecular formula is C9H17N3O. The topological polar surface area (TPSA) is 65.3 Å². The van der Waals surface area contributed by atoms with Crippen molar-refractivity contribution in [3.63, 3.8) is 0 Å². The maximum Gasteiger partial charge on any atom is 0.0873 e. The third-order valence-electron chi connectivity index (χ3n) is 2.10. The van der Waals surface area contributed by atoms with Crippen LogP contribution < -0.4 is 5.73 Å². The van der Waals surface area contributed by atoms with Crippen LogP contribution in [-0.4, -0.2) is 41.7 Å². The minimum Gasteiger partial charge on any atom is -0.390 e. The van der Waals surface area contributed by atoms with Gasteiger partial charge in [-0.25, -0.2) is 0 Å². The van der Waals surface area contributed by atoms with Crippen LogP contribution in [0.2, 0.25) is 0 Å². The molecule has 0 bridgehead atoms. The summed E-state index contributed by atoms with van der Waals surface area (Å²) in [6.45, 7) is 0.266. The van der Waals surface area contributed by atoms with E-state index < -0.39 is 6.10 Å². The lowest BCUT2D eigenvalue weighted by molar-refractivity contribution is 0.0803. The standard InChI is InChI=1S/C9H17N3O/c1-12(2)9(8(13)6-10)7-4-3-5-11-7/h3-5,8-9,11,13H,6,10H2,1-2H3. The van der Waals surface area contributed by atoms with Crippen LogP contribution in [-0.2, 0) is 0 Å². The highest BCUT2D eigenvalue weighted by molar-refractivity contribution is 5.11. The van der Waals surface area contributed by atoms with Gasteiger partial charge in [-0.1, -0.05) is 0 Å². The van der Waals surface area contributed by atoms with E-state index >= 15 is 0 Å². The monoisotopic (exact) mass is 183 g/mol. The molecule has 2 atom stereocenters. The Balaban J connectivity index is 2.80. The van der Waals surface area contributed by atoms with Crippen LogP contribution in [0.1, 0.15) is 11.7 Å². The van der Waals surface area contributed by atoms with Crippen LogP contribution >= 0.6 is 0 Å². The Morgan fingerprint density at radius 3 is 2.69 bits per heavy atom. The number of nitrogens with zero attached hydrogens (tertiary/aromatic N) is 1. The Morgan fingerprint density at radius 1 is 1.62 bits per heavy atom. The van der Waals surface area contributed by atoms with E-state index in [0.717, 1.165) is 5.69 Å². The lowest BCUT2D eigenvalue weighted by Gasteiger charge is -2.27. The summed E-state index contributed by atoms with van der Waals surface area (Å²) in [4.78, 5) is 5.02. The predicted octanol–water partition coefficient (Wildman–Crippen LogP) is -0.0630. The molecule has 0 radical (unpaired) electrons. The number of aliphatic hydroxyl groups excluding tert-OH is 1. The molecule has 2 unspecified atom stereocenters. The molecular weight excluding hydrogens is 166 g/mol. The maximum absolute atomic E-state index is 9.67. The van der Waals surface area contributed by atoms with Gasteiger partial charge in [-0.3, -0.25) is 4.90 Å². The number of hydrogen-bond donors (Lipinski definition) is 3. The number of nitrogens with two attached hydrogens (primary N) is 1. The normalized spacial score (nSPS) is 16.1. The number of rotatable bonds is 4. The zero-order chi connectivity index (χ0) is 9.84. The summed E-state index contributed by atoms with van der Waals surface area (Å²) in [6, 6.07) is 3.80. The van der Waals surface area contributed by atoms with Gasteiger partial charge in [0.15, 0.2) is 0 Å². The molecule has 0 saturated carbocycles. The highest BCUT2D eigenvalue weighted by atomic mass is 16.3. The summed E-state index contributed by atoms with van der Waals surface area (Å²) in [5.74, 6) is 0. The Labute approximate surface area is 78.4 Å². The smallest absolute Gasteiger partial charge is 0.0873 e. The molecule has 74 valence electrons. The van der Waals surface area contributed by atoms with Gasteiger partial charge < -0.3 is 15.8 Å². The minimum atomic E-state index is -0.534. The van der Waals surface area contributed by atoms with Crippen molar-refractivity contribution in [1.82, 2.24) is 9.88 Å². The molecule has 4 nitrogen and oxygen atoms in total. The molecule has 0 fully saturated rings. The van der Waals surface area contributed by atoms with E-state index in [-0.39, 0.29) is 12.6 Å². The molecule has 4 N–H and O–H groups in total. The first-order chi connectivity index (χ1) is 6.16. The Morgan fingerprint density at radius 2 is 2.31 bits per heavy atom. The zero-order valence-electron chi connectivity index (χ0n) is 8.07. The van der Waals surface area contributed by atoms with Gasteiger partial charge in [-0.2, -0.15) is 0 Å². The predicted molar refractivity (Wildman–Crippen MR) is 52.3 cm³/mol. The number of nitrogens with one attached hydrogen (secondary N) is 1. The zero-order valence-corrected chi connectivity index (χ0v) is 8.07. The molecule has 0 spiro atoms. The average Bonchev–Trinajstić information content (AvgIpc) is 2.56. The summed E-state index contributed by atoms with van der Waals surface area (Å²) >= 11 is 0. The first kappa shape index (κ1) is 10.2. The SMILES string of the molecule is CN(C)C(c1ccc[nH]1)C(O)CN. The number of aromatic amines is 1. The molecule has 1 aromatic rings. The van der Waals surface area contributed by atoms with Crippen molar-refractivity contribution in [2.45, 2.75) is 12.1 Å². The lowest BCUT2D eigenvalue weighted by Crippen LogP contribution is -2.36. The van der Waals surface area contributed by atoms with Crippen molar-refractivity contribution in [2.24, 2.45) is 5.73 Å². The summed E-state index contributed by atoms with van der Waals surface area (Å²) in [5.41, 5.74) is 6.42. The van der Waals surface area contributed by atoms with Crippen molar-refractivity contribution >= 4 is 0 Å². The van der Waals surface area contributed by atoms with Crippen molar-refractivity contribution in [1.29, 1.82) is 0 Å². The molecule has 1 heterocycles. The van der Waals surface area contributed by atoms with Crippen LogP contribution in [0.3, 0.4) is 0 Å². The summed E-state index contributed by atoms with van der Waals surface area (Å²) in [7, 11) is 3.84. The fourth-order valence-corrected chi connectivity index (χ4v) is 1.49. The van der Waals surface area contributed by atoms with Crippen LogP contribution in [0.15, 0.2) is 18.3 Å². The fourth-order valence-electron chi connectivity index (χ4n) is 1.49. The largest absolute Gasteiger partial charge is 0.390 e. The van der Waals surface area contributed by atoms with E-state index in [0.29, 0.717) is 0 Å². The van der Waals surface area contributed by atoms with E-state index in [9.17, 15) is 5.11 Å². The quantitative estimate of drug-likeness (QED) is 0.612. The van der Waals surface area contributed by atoms with Crippen LogP contribution in [0.5, 0.6) is 0 Å². The molecule has 1 rings (SSSR count). The number of aliphatic hydroxyl groups is 1. The Kier molecular flexibility index (Phi) is 3.48. The number of likely N-dealkylation sites (N-methyl/N-ethyl adjacent to an activating group) is 1. The molecule has 0 saturated heterocycles. The van der Waals surface area contributed by atoms with Gasteiger partial charge >= 0.3 is 0 Å².